The Morgan fingerprint density at radius 3 is 2.18 bits per heavy atom. The second kappa shape index (κ2) is 4.29. The molecule has 0 N–H and O–H groups in total. The molecule has 2 aromatic rings. The molecule has 5 heteroatoms. The van der Waals surface area contributed by atoms with E-state index in [1.807, 2.05) is 0 Å². The van der Waals surface area contributed by atoms with Gasteiger partial charge in [0.25, 0.3) is 6.43 Å². The van der Waals surface area contributed by atoms with Crippen LogP contribution in [0, 0.1) is 0 Å². The van der Waals surface area contributed by atoms with Crippen LogP contribution in [-0.4, -0.2) is 0 Å². The van der Waals surface area contributed by atoms with Gasteiger partial charge in [0.2, 0.25) is 0 Å². The van der Waals surface area contributed by atoms with E-state index in [0.29, 0.717) is 10.8 Å². The van der Waals surface area contributed by atoms with E-state index in [4.69, 9.17) is 0 Å². The number of fused-ring (bicyclic) bond motifs is 1. The van der Waals surface area contributed by atoms with Gasteiger partial charge in [-0.3, -0.25) is 0 Å². The lowest BCUT2D eigenvalue weighted by Crippen LogP contribution is -2.01. The molecule has 0 bridgehead atoms. The molecule has 0 nitrogen and oxygen atoms in total. The van der Waals surface area contributed by atoms with Gasteiger partial charge in [-0.25, -0.2) is 8.78 Å². The Labute approximate surface area is 103 Å². The molecule has 0 fully saturated rings. The third kappa shape index (κ3) is 2.60. The van der Waals surface area contributed by atoms with Crippen molar-refractivity contribution >= 4 is 26.7 Å². The van der Waals surface area contributed by atoms with Crippen LogP contribution in [0.15, 0.2) is 36.4 Å². The van der Waals surface area contributed by atoms with Crippen LogP contribution in [-0.2, 0) is 4.83 Å². The molecule has 0 saturated heterocycles. The first-order valence-corrected chi connectivity index (χ1v) is 5.56. The molecule has 17 heavy (non-hydrogen) atoms. The monoisotopic (exact) mass is 306 g/mol. The minimum Gasteiger partial charge on any atom is -0.205 e. The predicted molar refractivity (Wildman–Crippen MR) is 61.7 cm³/mol. The second-order valence-electron chi connectivity index (χ2n) is 3.62. The zero-order chi connectivity index (χ0) is 12.6. The molecule has 0 aliphatic rings. The SMILES string of the molecule is FC(F)c1ccc2ccc(C(F)(F)Br)cc2c1. The Bertz CT molecular complexity index is 546. The summed E-state index contributed by atoms with van der Waals surface area (Å²) < 4.78 is 51.0. The summed E-state index contributed by atoms with van der Waals surface area (Å²) >= 11 is 2.24. The van der Waals surface area contributed by atoms with Crippen LogP contribution in [0.3, 0.4) is 0 Å². The van der Waals surface area contributed by atoms with E-state index in [-0.39, 0.29) is 11.1 Å². The van der Waals surface area contributed by atoms with Crippen LogP contribution >= 0.6 is 15.9 Å². The highest BCUT2D eigenvalue weighted by Crippen LogP contribution is 2.36. The molecule has 0 atom stereocenters. The first-order valence-electron chi connectivity index (χ1n) is 4.77. The largest absolute Gasteiger partial charge is 0.326 e. The molecule has 2 rings (SSSR count). The molecule has 0 aliphatic heterocycles. The lowest BCUT2D eigenvalue weighted by Gasteiger charge is -2.10. The third-order valence-corrected chi connectivity index (χ3v) is 2.90. The molecule has 0 radical (unpaired) electrons. The van der Waals surface area contributed by atoms with Gasteiger partial charge in [0.05, 0.1) is 0 Å². The fraction of sp³-hybridized carbons (Fsp3) is 0.167. The topological polar surface area (TPSA) is 0 Å². The van der Waals surface area contributed by atoms with Crippen LogP contribution in [0.25, 0.3) is 10.8 Å². The van der Waals surface area contributed by atoms with E-state index < -0.39 is 11.3 Å². The highest BCUT2D eigenvalue weighted by molar-refractivity contribution is 9.09. The quantitative estimate of drug-likeness (QED) is 0.527. The maximum Gasteiger partial charge on any atom is 0.326 e. The number of rotatable bonds is 2. The van der Waals surface area contributed by atoms with Crippen molar-refractivity contribution in [1.82, 2.24) is 0 Å². The first-order chi connectivity index (χ1) is 7.88. The summed E-state index contributed by atoms with van der Waals surface area (Å²) in [6.07, 6.45) is -2.60. The molecule has 0 saturated carbocycles. The first kappa shape index (κ1) is 12.4. The van der Waals surface area contributed by atoms with E-state index in [0.717, 1.165) is 0 Å². The number of benzene rings is 2. The molecule has 0 aromatic heterocycles. The summed E-state index contributed by atoms with van der Waals surface area (Å²) in [5, 5.41) is 1.02. The highest BCUT2D eigenvalue weighted by atomic mass is 79.9. The molecule has 0 amide bonds. The summed E-state index contributed by atoms with van der Waals surface area (Å²) in [7, 11) is 0. The van der Waals surface area contributed by atoms with Crippen molar-refractivity contribution in [1.29, 1.82) is 0 Å². The minimum absolute atomic E-state index is 0.174. The molecule has 2 aromatic carbocycles. The molecular weight excluding hydrogens is 300 g/mol. The van der Waals surface area contributed by atoms with Crippen LogP contribution in [0.5, 0.6) is 0 Å². The molecule has 0 unspecified atom stereocenters. The Kier molecular flexibility index (Phi) is 3.12. The van der Waals surface area contributed by atoms with Gasteiger partial charge in [-0.1, -0.05) is 24.3 Å². The van der Waals surface area contributed by atoms with Crippen LogP contribution in [0.4, 0.5) is 17.6 Å². The van der Waals surface area contributed by atoms with Gasteiger partial charge >= 0.3 is 4.83 Å². The zero-order valence-electron chi connectivity index (χ0n) is 8.43. The number of alkyl halides is 5. The summed E-state index contributed by atoms with van der Waals surface area (Å²) in [4.78, 5) is -3.15. The van der Waals surface area contributed by atoms with Gasteiger partial charge in [-0.2, -0.15) is 8.78 Å². The number of hydrogen-bond acceptors (Lipinski definition) is 0. The smallest absolute Gasteiger partial charge is 0.205 e. The van der Waals surface area contributed by atoms with Crippen molar-refractivity contribution in [2.24, 2.45) is 0 Å². The van der Waals surface area contributed by atoms with Crippen molar-refractivity contribution in [2.75, 3.05) is 0 Å². The summed E-state index contributed by atoms with van der Waals surface area (Å²) in [5.74, 6) is 0. The average molecular weight is 307 g/mol. The van der Waals surface area contributed by atoms with Gasteiger partial charge in [-0.15, -0.1) is 0 Å². The van der Waals surface area contributed by atoms with Crippen molar-refractivity contribution < 1.29 is 17.6 Å². The van der Waals surface area contributed by atoms with E-state index in [9.17, 15) is 17.6 Å². The lowest BCUT2D eigenvalue weighted by atomic mass is 10.0. The molecule has 0 heterocycles. The third-order valence-electron chi connectivity index (χ3n) is 2.44. The van der Waals surface area contributed by atoms with Crippen LogP contribution in [0.2, 0.25) is 0 Å². The second-order valence-corrected chi connectivity index (χ2v) is 4.62. The number of hydrogen-bond donors (Lipinski definition) is 0. The number of halogens is 5. The van der Waals surface area contributed by atoms with Crippen molar-refractivity contribution in [2.45, 2.75) is 11.3 Å². The van der Waals surface area contributed by atoms with Gasteiger partial charge in [0.15, 0.2) is 0 Å². The zero-order valence-corrected chi connectivity index (χ0v) is 10.0. The van der Waals surface area contributed by atoms with Crippen molar-refractivity contribution in [3.63, 3.8) is 0 Å². The normalized spacial score (nSPS) is 12.4. The van der Waals surface area contributed by atoms with E-state index in [1.54, 1.807) is 0 Å². The molecule has 90 valence electrons. The Morgan fingerprint density at radius 2 is 1.59 bits per heavy atom. The maximum absolute atomic E-state index is 13.0. The fourth-order valence-electron chi connectivity index (χ4n) is 1.58. The van der Waals surface area contributed by atoms with Gasteiger partial charge in [0.1, 0.15) is 0 Å². The highest BCUT2D eigenvalue weighted by Gasteiger charge is 2.26. The standard InChI is InChI=1S/C12H7BrF4/c13-12(16,17)10-4-3-7-1-2-8(11(14)15)5-9(7)6-10/h1-6,11H. The van der Waals surface area contributed by atoms with E-state index in [1.165, 1.54) is 36.4 Å². The Morgan fingerprint density at radius 1 is 0.941 bits per heavy atom. The maximum atomic E-state index is 13.0. The molecule has 0 spiro atoms. The lowest BCUT2D eigenvalue weighted by molar-refractivity contribution is 0.115. The van der Waals surface area contributed by atoms with Crippen LogP contribution in [0.1, 0.15) is 17.6 Å². The average Bonchev–Trinajstić information content (AvgIpc) is 2.26. The predicted octanol–water partition coefficient (Wildman–Crippen LogP) is 5.22. The van der Waals surface area contributed by atoms with Crippen molar-refractivity contribution in [3.05, 3.63) is 47.5 Å². The van der Waals surface area contributed by atoms with E-state index >= 15 is 0 Å². The van der Waals surface area contributed by atoms with E-state index in [2.05, 4.69) is 15.9 Å². The summed E-state index contributed by atoms with van der Waals surface area (Å²) in [6.45, 7) is 0. The molecule has 0 aliphatic carbocycles. The Balaban J connectivity index is 2.59. The minimum atomic E-state index is -3.15. The Hall–Kier alpha value is -1.10. The summed E-state index contributed by atoms with van der Waals surface area (Å²) in [6, 6.07) is 7.96. The van der Waals surface area contributed by atoms with Gasteiger partial charge < -0.3 is 0 Å². The fourth-order valence-corrected chi connectivity index (χ4v) is 1.82. The van der Waals surface area contributed by atoms with Gasteiger partial charge in [-0.05, 0) is 38.8 Å². The van der Waals surface area contributed by atoms with Crippen LogP contribution < -0.4 is 0 Å². The van der Waals surface area contributed by atoms with Crippen molar-refractivity contribution in [3.8, 4) is 0 Å². The van der Waals surface area contributed by atoms with Gasteiger partial charge in [0, 0.05) is 11.1 Å². The molecular formula is C12H7BrF4. The summed E-state index contributed by atoms with van der Waals surface area (Å²) in [5.41, 5.74) is -0.427.